The van der Waals surface area contributed by atoms with E-state index < -0.39 is 0 Å². The molecular weight excluding hydrogens is 270 g/mol. The molecular formula is C14H27N5S. The van der Waals surface area contributed by atoms with Gasteiger partial charge in [-0.1, -0.05) is 18.3 Å². The van der Waals surface area contributed by atoms with Crippen molar-refractivity contribution in [3.63, 3.8) is 0 Å². The summed E-state index contributed by atoms with van der Waals surface area (Å²) in [5.74, 6) is 0. The normalized spacial score (nSPS) is 17.5. The van der Waals surface area contributed by atoms with Crippen LogP contribution in [0.4, 0.5) is 5.13 Å². The van der Waals surface area contributed by atoms with Crippen LogP contribution in [0.25, 0.3) is 0 Å². The maximum atomic E-state index is 4.28. The van der Waals surface area contributed by atoms with Gasteiger partial charge in [0, 0.05) is 18.6 Å². The fraction of sp³-hybridized carbons (Fsp3) is 0.857. The molecule has 6 heteroatoms. The quantitative estimate of drug-likeness (QED) is 0.797. The van der Waals surface area contributed by atoms with Gasteiger partial charge in [0.15, 0.2) is 0 Å². The van der Waals surface area contributed by atoms with E-state index in [2.05, 4.69) is 53.4 Å². The smallest absolute Gasteiger partial charge is 0.205 e. The molecule has 0 amide bonds. The number of hydrogen-bond acceptors (Lipinski definition) is 6. The Morgan fingerprint density at radius 2 is 2.00 bits per heavy atom. The third-order valence-electron chi connectivity index (χ3n) is 4.20. The van der Waals surface area contributed by atoms with Gasteiger partial charge in [0.25, 0.3) is 0 Å². The van der Waals surface area contributed by atoms with Gasteiger partial charge in [0.05, 0.1) is 6.54 Å². The van der Waals surface area contributed by atoms with Crippen LogP contribution in [-0.2, 0) is 6.54 Å². The van der Waals surface area contributed by atoms with Crippen molar-refractivity contribution < 1.29 is 0 Å². The minimum atomic E-state index is 0.378. The van der Waals surface area contributed by atoms with Gasteiger partial charge in [-0.2, -0.15) is 0 Å². The van der Waals surface area contributed by atoms with E-state index in [1.807, 2.05) is 0 Å². The molecule has 1 aromatic rings. The lowest BCUT2D eigenvalue weighted by Crippen LogP contribution is -2.56. The molecule has 0 unspecified atom stereocenters. The van der Waals surface area contributed by atoms with Crippen molar-refractivity contribution in [2.75, 3.05) is 39.5 Å². The first-order valence-corrected chi connectivity index (χ1v) is 8.29. The Morgan fingerprint density at radius 1 is 1.25 bits per heavy atom. The average Bonchev–Trinajstić information content (AvgIpc) is 2.78. The van der Waals surface area contributed by atoms with Crippen LogP contribution in [0.2, 0.25) is 0 Å². The molecule has 1 aliphatic carbocycles. The molecule has 1 saturated carbocycles. The first-order chi connectivity index (χ1) is 9.55. The van der Waals surface area contributed by atoms with Gasteiger partial charge in [0.1, 0.15) is 5.01 Å². The summed E-state index contributed by atoms with van der Waals surface area (Å²) in [6, 6.07) is 0. The monoisotopic (exact) mass is 297 g/mol. The van der Waals surface area contributed by atoms with Gasteiger partial charge in [0.2, 0.25) is 5.13 Å². The second-order valence-corrected chi connectivity index (χ2v) is 7.13. The Kier molecular flexibility index (Phi) is 5.35. The predicted octanol–water partition coefficient (Wildman–Crippen LogP) is 2.28. The van der Waals surface area contributed by atoms with Crippen LogP contribution in [0.1, 0.15) is 37.6 Å². The summed E-state index contributed by atoms with van der Waals surface area (Å²) in [6.07, 6.45) is 5.09. The predicted molar refractivity (Wildman–Crippen MR) is 85.3 cm³/mol. The zero-order valence-electron chi connectivity index (χ0n) is 13.1. The highest BCUT2D eigenvalue weighted by Crippen LogP contribution is 2.36. The number of likely N-dealkylation sites (N-methyl/N-ethyl adjacent to an activating group) is 2. The third kappa shape index (κ3) is 3.68. The van der Waals surface area contributed by atoms with Crippen LogP contribution in [0, 0.1) is 0 Å². The van der Waals surface area contributed by atoms with E-state index in [1.54, 1.807) is 11.3 Å². The van der Waals surface area contributed by atoms with Crippen LogP contribution in [-0.4, -0.2) is 59.8 Å². The van der Waals surface area contributed by atoms with E-state index in [1.165, 1.54) is 19.3 Å². The minimum Gasteiger partial charge on any atom is -0.360 e. The lowest BCUT2D eigenvalue weighted by molar-refractivity contribution is 0.0258. The maximum Gasteiger partial charge on any atom is 0.205 e. The molecule has 1 fully saturated rings. The fourth-order valence-electron chi connectivity index (χ4n) is 2.74. The molecule has 0 radical (unpaired) electrons. The molecule has 0 spiro atoms. The zero-order valence-corrected chi connectivity index (χ0v) is 14.0. The van der Waals surface area contributed by atoms with Gasteiger partial charge in [-0.25, -0.2) is 0 Å². The molecule has 1 aromatic heterocycles. The van der Waals surface area contributed by atoms with Crippen molar-refractivity contribution in [3.8, 4) is 0 Å². The van der Waals surface area contributed by atoms with Crippen LogP contribution >= 0.6 is 11.3 Å². The summed E-state index contributed by atoms with van der Waals surface area (Å²) in [6.45, 7) is 5.12. The Bertz CT molecular complexity index is 413. The van der Waals surface area contributed by atoms with Gasteiger partial charge in [-0.15, -0.1) is 10.2 Å². The van der Waals surface area contributed by atoms with Crippen molar-refractivity contribution >= 4 is 16.5 Å². The summed E-state index contributed by atoms with van der Waals surface area (Å²) < 4.78 is 0. The van der Waals surface area contributed by atoms with E-state index >= 15 is 0 Å². The Hall–Kier alpha value is -0.720. The third-order valence-corrected chi connectivity index (χ3v) is 5.06. The van der Waals surface area contributed by atoms with Gasteiger partial charge in [-0.05, 0) is 46.8 Å². The molecule has 114 valence electrons. The SMILES string of the molecule is CCCNc1nnc(CN(C)CC2(N(C)C)CCC2)s1. The lowest BCUT2D eigenvalue weighted by atomic mass is 9.75. The molecule has 0 aliphatic heterocycles. The molecule has 20 heavy (non-hydrogen) atoms. The summed E-state index contributed by atoms with van der Waals surface area (Å²) in [5, 5.41) is 13.8. The van der Waals surface area contributed by atoms with Gasteiger partial charge in [-0.3, -0.25) is 4.90 Å². The van der Waals surface area contributed by atoms with E-state index in [9.17, 15) is 0 Å². The Labute approximate surface area is 126 Å². The lowest BCUT2D eigenvalue weighted by Gasteiger charge is -2.49. The first kappa shape index (κ1) is 15.7. The van der Waals surface area contributed by atoms with Crippen molar-refractivity contribution in [1.29, 1.82) is 0 Å². The summed E-state index contributed by atoms with van der Waals surface area (Å²) in [5.41, 5.74) is 0.378. The maximum absolute atomic E-state index is 4.28. The highest BCUT2D eigenvalue weighted by Gasteiger charge is 2.39. The largest absolute Gasteiger partial charge is 0.360 e. The van der Waals surface area contributed by atoms with Crippen molar-refractivity contribution in [2.45, 2.75) is 44.7 Å². The number of aromatic nitrogens is 2. The van der Waals surface area contributed by atoms with Crippen molar-refractivity contribution in [3.05, 3.63) is 5.01 Å². The minimum absolute atomic E-state index is 0.378. The van der Waals surface area contributed by atoms with Crippen LogP contribution in [0.15, 0.2) is 0 Å². The Morgan fingerprint density at radius 3 is 2.55 bits per heavy atom. The Balaban J connectivity index is 1.84. The van der Waals surface area contributed by atoms with Gasteiger partial charge >= 0.3 is 0 Å². The summed E-state index contributed by atoms with van der Waals surface area (Å²) in [7, 11) is 6.58. The second-order valence-electron chi connectivity index (χ2n) is 6.07. The van der Waals surface area contributed by atoms with E-state index in [4.69, 9.17) is 0 Å². The number of hydrogen-bond donors (Lipinski definition) is 1. The zero-order chi connectivity index (χ0) is 14.6. The molecule has 0 bridgehead atoms. The molecule has 2 rings (SSSR count). The standard InChI is InChI=1S/C14H27N5S/c1-5-9-15-13-17-16-12(20-13)10-19(4)11-14(18(2)3)7-6-8-14/h5-11H2,1-4H3,(H,15,17). The number of anilines is 1. The molecule has 1 N–H and O–H groups in total. The highest BCUT2D eigenvalue weighted by molar-refractivity contribution is 7.15. The topological polar surface area (TPSA) is 44.3 Å². The van der Waals surface area contributed by atoms with Gasteiger partial charge < -0.3 is 10.2 Å². The number of nitrogens with one attached hydrogen (secondary N) is 1. The van der Waals surface area contributed by atoms with Crippen LogP contribution in [0.5, 0.6) is 0 Å². The second kappa shape index (κ2) is 6.83. The number of rotatable bonds is 8. The van der Waals surface area contributed by atoms with E-state index in [0.717, 1.165) is 36.2 Å². The van der Waals surface area contributed by atoms with Crippen LogP contribution < -0.4 is 5.32 Å². The average molecular weight is 297 g/mol. The molecule has 0 atom stereocenters. The molecule has 0 aromatic carbocycles. The van der Waals surface area contributed by atoms with Crippen LogP contribution in [0.3, 0.4) is 0 Å². The highest BCUT2D eigenvalue weighted by atomic mass is 32.1. The fourth-order valence-corrected chi connectivity index (χ4v) is 3.59. The van der Waals surface area contributed by atoms with Crippen molar-refractivity contribution in [1.82, 2.24) is 20.0 Å². The first-order valence-electron chi connectivity index (χ1n) is 7.48. The molecule has 0 saturated heterocycles. The summed E-state index contributed by atoms with van der Waals surface area (Å²) in [4.78, 5) is 4.77. The molecule has 5 nitrogen and oxygen atoms in total. The molecule has 1 aliphatic rings. The molecule has 1 heterocycles. The number of nitrogens with zero attached hydrogens (tertiary/aromatic N) is 4. The van der Waals surface area contributed by atoms with E-state index in [0.29, 0.717) is 5.54 Å². The van der Waals surface area contributed by atoms with Crippen molar-refractivity contribution in [2.24, 2.45) is 0 Å². The summed E-state index contributed by atoms with van der Waals surface area (Å²) >= 11 is 1.67. The van der Waals surface area contributed by atoms with E-state index in [-0.39, 0.29) is 0 Å².